The molecule has 100 valence electrons. The smallest absolute Gasteiger partial charge is 0.0921 e. The molecule has 1 heterocycles. The fourth-order valence-electron chi connectivity index (χ4n) is 1.48. The van der Waals surface area contributed by atoms with E-state index in [0.717, 1.165) is 30.2 Å². The summed E-state index contributed by atoms with van der Waals surface area (Å²) >= 11 is 5.81. The lowest BCUT2D eigenvalue weighted by Gasteiger charge is -2.03. The molecule has 0 radical (unpaired) electrons. The molecule has 18 heavy (non-hydrogen) atoms. The van der Waals surface area contributed by atoms with Crippen molar-refractivity contribution < 1.29 is 0 Å². The highest BCUT2D eigenvalue weighted by Gasteiger charge is 1.95. The van der Waals surface area contributed by atoms with E-state index in [0.29, 0.717) is 0 Å². The molecular formula is C12H16Cl3N3. The minimum Gasteiger partial charge on any atom is -0.348 e. The van der Waals surface area contributed by atoms with Crippen LogP contribution >= 0.6 is 36.4 Å². The van der Waals surface area contributed by atoms with Crippen molar-refractivity contribution >= 4 is 36.4 Å². The van der Waals surface area contributed by atoms with Gasteiger partial charge in [0.2, 0.25) is 0 Å². The van der Waals surface area contributed by atoms with Crippen LogP contribution in [0.5, 0.6) is 0 Å². The van der Waals surface area contributed by atoms with Crippen LogP contribution in [0.2, 0.25) is 5.02 Å². The topological polar surface area (TPSA) is 40.7 Å². The molecule has 0 saturated heterocycles. The number of nitrogens with one attached hydrogen (secondary N) is 2. The monoisotopic (exact) mass is 307 g/mol. The predicted octanol–water partition coefficient (Wildman–Crippen LogP) is 3.24. The number of halogens is 3. The van der Waals surface area contributed by atoms with Crippen molar-refractivity contribution in [2.24, 2.45) is 0 Å². The molecule has 0 aliphatic heterocycles. The molecular weight excluding hydrogens is 293 g/mol. The maximum atomic E-state index is 5.81. The van der Waals surface area contributed by atoms with Crippen LogP contribution in [0.3, 0.4) is 0 Å². The van der Waals surface area contributed by atoms with E-state index in [2.05, 4.69) is 15.3 Å². The van der Waals surface area contributed by atoms with Crippen molar-refractivity contribution in [3.05, 3.63) is 53.1 Å². The van der Waals surface area contributed by atoms with Crippen LogP contribution in [0.1, 0.15) is 11.3 Å². The Morgan fingerprint density at radius 3 is 2.50 bits per heavy atom. The maximum absolute atomic E-state index is 5.81. The lowest BCUT2D eigenvalue weighted by molar-refractivity contribution is 0.681. The number of H-pyrrole nitrogens is 1. The molecule has 0 saturated carbocycles. The van der Waals surface area contributed by atoms with E-state index in [1.165, 1.54) is 5.56 Å². The zero-order valence-corrected chi connectivity index (χ0v) is 12.1. The third-order valence-electron chi connectivity index (χ3n) is 2.37. The first-order chi connectivity index (χ1) is 7.84. The van der Waals surface area contributed by atoms with Crippen LogP contribution in [-0.2, 0) is 13.0 Å². The standard InChI is InChI=1S/C12H14ClN3.2ClH/c13-11-3-1-10(2-4-11)7-14-6-5-12-8-15-9-16-12;;/h1-4,8-9,14H,5-7H2,(H,15,16);2*1H. The first kappa shape index (κ1) is 17.3. The third kappa shape index (κ3) is 5.74. The Hall–Kier alpha value is -0.740. The number of nitrogens with zero attached hydrogens (tertiary/aromatic N) is 1. The van der Waals surface area contributed by atoms with Gasteiger partial charge < -0.3 is 10.3 Å². The number of hydrogen-bond acceptors (Lipinski definition) is 2. The molecule has 2 aromatic rings. The average molecular weight is 309 g/mol. The van der Waals surface area contributed by atoms with Crippen molar-refractivity contribution in [2.75, 3.05) is 6.54 Å². The van der Waals surface area contributed by atoms with Gasteiger partial charge in [0.25, 0.3) is 0 Å². The minimum atomic E-state index is 0. The molecule has 0 aliphatic carbocycles. The molecule has 0 amide bonds. The second kappa shape index (κ2) is 9.22. The lowest BCUT2D eigenvalue weighted by atomic mass is 10.2. The van der Waals surface area contributed by atoms with Crippen LogP contribution in [0.4, 0.5) is 0 Å². The van der Waals surface area contributed by atoms with Crippen LogP contribution in [0, 0.1) is 0 Å². The molecule has 0 fully saturated rings. The molecule has 0 bridgehead atoms. The molecule has 6 heteroatoms. The van der Waals surface area contributed by atoms with Gasteiger partial charge in [-0.3, -0.25) is 0 Å². The summed E-state index contributed by atoms with van der Waals surface area (Å²) in [6.45, 7) is 1.80. The van der Waals surface area contributed by atoms with Gasteiger partial charge in [-0.2, -0.15) is 0 Å². The Morgan fingerprint density at radius 2 is 1.89 bits per heavy atom. The van der Waals surface area contributed by atoms with E-state index in [1.807, 2.05) is 30.5 Å². The Morgan fingerprint density at radius 1 is 1.17 bits per heavy atom. The SMILES string of the molecule is Cl.Cl.Clc1ccc(CNCCc2cnc[nH]2)cc1. The zero-order chi connectivity index (χ0) is 11.2. The van der Waals surface area contributed by atoms with Gasteiger partial charge in [-0.15, -0.1) is 24.8 Å². The number of imidazole rings is 1. The molecule has 1 aromatic carbocycles. The van der Waals surface area contributed by atoms with Gasteiger partial charge in [0.15, 0.2) is 0 Å². The Labute approximate surface area is 124 Å². The molecule has 1 aromatic heterocycles. The quantitative estimate of drug-likeness (QED) is 0.833. The van der Waals surface area contributed by atoms with Gasteiger partial charge >= 0.3 is 0 Å². The number of hydrogen-bond donors (Lipinski definition) is 2. The highest BCUT2D eigenvalue weighted by molar-refractivity contribution is 6.30. The first-order valence-corrected chi connectivity index (χ1v) is 5.65. The highest BCUT2D eigenvalue weighted by Crippen LogP contribution is 2.08. The summed E-state index contributed by atoms with van der Waals surface area (Å²) in [6.07, 6.45) is 4.52. The minimum absolute atomic E-state index is 0. The van der Waals surface area contributed by atoms with Crippen molar-refractivity contribution in [2.45, 2.75) is 13.0 Å². The van der Waals surface area contributed by atoms with Crippen LogP contribution in [0.25, 0.3) is 0 Å². The first-order valence-electron chi connectivity index (χ1n) is 5.27. The molecule has 0 aliphatic rings. The summed E-state index contributed by atoms with van der Waals surface area (Å²) in [5, 5.41) is 4.15. The Balaban J connectivity index is 0.00000144. The summed E-state index contributed by atoms with van der Waals surface area (Å²) in [7, 11) is 0. The highest BCUT2D eigenvalue weighted by atomic mass is 35.5. The summed E-state index contributed by atoms with van der Waals surface area (Å²) in [6, 6.07) is 7.89. The molecule has 3 nitrogen and oxygen atoms in total. The van der Waals surface area contributed by atoms with E-state index < -0.39 is 0 Å². The van der Waals surface area contributed by atoms with E-state index in [-0.39, 0.29) is 24.8 Å². The van der Waals surface area contributed by atoms with Gasteiger partial charge in [-0.25, -0.2) is 4.98 Å². The lowest BCUT2D eigenvalue weighted by Crippen LogP contribution is -2.16. The normalized spacial score (nSPS) is 9.39. The molecule has 2 rings (SSSR count). The second-order valence-corrected chi connectivity index (χ2v) is 4.07. The van der Waals surface area contributed by atoms with Gasteiger partial charge in [-0.1, -0.05) is 23.7 Å². The van der Waals surface area contributed by atoms with Gasteiger partial charge in [0.05, 0.1) is 6.33 Å². The van der Waals surface area contributed by atoms with Crippen LogP contribution in [-0.4, -0.2) is 16.5 Å². The third-order valence-corrected chi connectivity index (χ3v) is 2.62. The number of aromatic nitrogens is 2. The second-order valence-electron chi connectivity index (χ2n) is 3.63. The van der Waals surface area contributed by atoms with Gasteiger partial charge in [-0.05, 0) is 17.7 Å². The average Bonchev–Trinajstić information content (AvgIpc) is 2.80. The Bertz CT molecular complexity index is 415. The predicted molar refractivity (Wildman–Crippen MR) is 79.9 cm³/mol. The van der Waals surface area contributed by atoms with E-state index in [9.17, 15) is 0 Å². The fraction of sp³-hybridized carbons (Fsp3) is 0.250. The van der Waals surface area contributed by atoms with Crippen molar-refractivity contribution in [3.8, 4) is 0 Å². The molecule has 0 atom stereocenters. The summed E-state index contributed by atoms with van der Waals surface area (Å²) < 4.78 is 0. The van der Waals surface area contributed by atoms with Crippen molar-refractivity contribution in [3.63, 3.8) is 0 Å². The molecule has 2 N–H and O–H groups in total. The molecule has 0 spiro atoms. The van der Waals surface area contributed by atoms with Crippen LogP contribution in [0.15, 0.2) is 36.8 Å². The van der Waals surface area contributed by atoms with Gasteiger partial charge in [0.1, 0.15) is 0 Å². The van der Waals surface area contributed by atoms with E-state index in [4.69, 9.17) is 11.6 Å². The van der Waals surface area contributed by atoms with E-state index in [1.54, 1.807) is 6.33 Å². The zero-order valence-electron chi connectivity index (χ0n) is 9.73. The number of rotatable bonds is 5. The van der Waals surface area contributed by atoms with Crippen molar-refractivity contribution in [1.29, 1.82) is 0 Å². The largest absolute Gasteiger partial charge is 0.348 e. The summed E-state index contributed by atoms with van der Waals surface area (Å²) in [5.41, 5.74) is 2.40. The summed E-state index contributed by atoms with van der Waals surface area (Å²) in [5.74, 6) is 0. The fourth-order valence-corrected chi connectivity index (χ4v) is 1.61. The van der Waals surface area contributed by atoms with E-state index >= 15 is 0 Å². The Kier molecular flexibility index (Phi) is 8.85. The van der Waals surface area contributed by atoms with Crippen molar-refractivity contribution in [1.82, 2.24) is 15.3 Å². The van der Waals surface area contributed by atoms with Gasteiger partial charge in [0, 0.05) is 36.4 Å². The number of aromatic amines is 1. The number of benzene rings is 1. The summed E-state index contributed by atoms with van der Waals surface area (Å²) in [4.78, 5) is 7.05. The molecule has 0 unspecified atom stereocenters. The van der Waals surface area contributed by atoms with Crippen LogP contribution < -0.4 is 5.32 Å². The maximum Gasteiger partial charge on any atom is 0.0921 e.